The van der Waals surface area contributed by atoms with Crippen LogP contribution in [0.1, 0.15) is 53.0 Å². The van der Waals surface area contributed by atoms with E-state index in [-0.39, 0.29) is 12.1 Å². The monoisotopic (exact) mass is 466 g/mol. The van der Waals surface area contributed by atoms with Crippen molar-refractivity contribution in [2.24, 2.45) is 5.41 Å². The molecule has 3 heterocycles. The lowest BCUT2D eigenvalue weighted by atomic mass is 9.66. The molecule has 1 aromatic heterocycles. The number of rotatable bonds is 2. The number of nitrogens with one attached hydrogen (secondary N) is 1. The Bertz CT molecular complexity index is 1150. The number of pyridine rings is 1. The Hall–Kier alpha value is -3.13. The number of carbonyl (C=O) groups excluding carboxylic acids is 2. The second-order valence-corrected chi connectivity index (χ2v) is 10.9. The summed E-state index contributed by atoms with van der Waals surface area (Å²) < 4.78 is 5.54. The van der Waals surface area contributed by atoms with E-state index in [1.54, 1.807) is 16.0 Å². The third-order valence-electron chi connectivity index (χ3n) is 6.72. The van der Waals surface area contributed by atoms with E-state index in [9.17, 15) is 14.7 Å². The molecule has 1 atom stereocenters. The van der Waals surface area contributed by atoms with Gasteiger partial charge < -0.3 is 20.1 Å². The topological polar surface area (TPSA) is 95.0 Å². The fraction of sp³-hybridized carbons (Fsp3) is 0.500. The number of aromatic nitrogens is 1. The number of ether oxygens (including phenoxy) is 1. The van der Waals surface area contributed by atoms with Gasteiger partial charge in [-0.1, -0.05) is 26.5 Å². The van der Waals surface area contributed by atoms with Crippen molar-refractivity contribution in [1.29, 1.82) is 0 Å². The van der Waals surface area contributed by atoms with Crippen molar-refractivity contribution in [3.63, 3.8) is 0 Å². The van der Waals surface area contributed by atoms with Gasteiger partial charge in [-0.15, -0.1) is 0 Å². The number of anilines is 1. The first-order chi connectivity index (χ1) is 15.8. The molecular formula is C26H34N4O4. The van der Waals surface area contributed by atoms with E-state index in [2.05, 4.69) is 16.9 Å². The van der Waals surface area contributed by atoms with Crippen molar-refractivity contribution in [1.82, 2.24) is 15.2 Å². The lowest BCUT2D eigenvalue weighted by molar-refractivity contribution is -0.123. The Morgan fingerprint density at radius 3 is 2.62 bits per heavy atom. The first-order valence-electron chi connectivity index (χ1n) is 11.7. The van der Waals surface area contributed by atoms with Crippen molar-refractivity contribution in [3.8, 4) is 0 Å². The van der Waals surface area contributed by atoms with Gasteiger partial charge in [-0.25, -0.2) is 9.59 Å². The van der Waals surface area contributed by atoms with Crippen LogP contribution in [0.2, 0.25) is 0 Å². The second-order valence-electron chi connectivity index (χ2n) is 10.9. The Kier molecular flexibility index (Phi) is 5.84. The highest BCUT2D eigenvalue weighted by molar-refractivity contribution is 5.96. The van der Waals surface area contributed by atoms with Gasteiger partial charge in [0.25, 0.3) is 0 Å². The summed E-state index contributed by atoms with van der Waals surface area (Å²) >= 11 is 0. The van der Waals surface area contributed by atoms with Gasteiger partial charge in [-0.3, -0.25) is 9.88 Å². The van der Waals surface area contributed by atoms with Crippen LogP contribution in [0.5, 0.6) is 0 Å². The van der Waals surface area contributed by atoms with E-state index >= 15 is 0 Å². The molecule has 1 unspecified atom stereocenters. The van der Waals surface area contributed by atoms with E-state index < -0.39 is 16.6 Å². The van der Waals surface area contributed by atoms with Gasteiger partial charge in [0.1, 0.15) is 5.60 Å². The summed E-state index contributed by atoms with van der Waals surface area (Å²) in [5.41, 5.74) is 0.617. The maximum absolute atomic E-state index is 12.6. The van der Waals surface area contributed by atoms with Crippen molar-refractivity contribution in [3.05, 3.63) is 48.3 Å². The lowest BCUT2D eigenvalue weighted by Crippen LogP contribution is -2.57. The summed E-state index contributed by atoms with van der Waals surface area (Å²) in [6.07, 6.45) is 2.38. The van der Waals surface area contributed by atoms with Gasteiger partial charge in [0.05, 0.1) is 23.0 Å². The Balaban J connectivity index is 1.62. The van der Waals surface area contributed by atoms with E-state index in [1.165, 1.54) is 0 Å². The Labute approximate surface area is 200 Å². The highest BCUT2D eigenvalue weighted by atomic mass is 16.6. The molecule has 34 heavy (non-hydrogen) atoms. The summed E-state index contributed by atoms with van der Waals surface area (Å²) in [4.78, 5) is 32.9. The fourth-order valence-electron chi connectivity index (χ4n) is 4.74. The Morgan fingerprint density at radius 1 is 1.24 bits per heavy atom. The summed E-state index contributed by atoms with van der Waals surface area (Å²) in [6, 6.07) is 7.43. The average Bonchev–Trinajstić information content (AvgIpc) is 2.73. The number of hydrogen-bond donors (Lipinski definition) is 2. The molecule has 2 fully saturated rings. The third-order valence-corrected chi connectivity index (χ3v) is 6.72. The number of aliphatic hydroxyl groups is 1. The number of likely N-dealkylation sites (tertiary alicyclic amines) is 1. The maximum atomic E-state index is 12.6. The van der Waals surface area contributed by atoms with Crippen molar-refractivity contribution >= 4 is 28.7 Å². The highest BCUT2D eigenvalue weighted by Crippen LogP contribution is 2.46. The number of hydrogen-bond acceptors (Lipinski definition) is 5. The van der Waals surface area contributed by atoms with Gasteiger partial charge >= 0.3 is 12.1 Å². The average molecular weight is 467 g/mol. The smallest absolute Gasteiger partial charge is 0.410 e. The zero-order chi connectivity index (χ0) is 24.9. The molecule has 8 heteroatoms. The molecule has 182 valence electrons. The normalized spacial score (nSPS) is 23.1. The molecule has 2 saturated heterocycles. The number of benzene rings is 1. The van der Waals surface area contributed by atoms with Gasteiger partial charge in [0.2, 0.25) is 0 Å². The van der Waals surface area contributed by atoms with Crippen LogP contribution in [0.25, 0.3) is 10.9 Å². The van der Waals surface area contributed by atoms with Crippen LogP contribution in [-0.4, -0.2) is 52.4 Å². The molecular weight excluding hydrogens is 432 g/mol. The van der Waals surface area contributed by atoms with E-state index in [0.717, 1.165) is 16.5 Å². The lowest BCUT2D eigenvalue weighted by Gasteiger charge is -2.50. The number of urea groups is 1. The molecule has 0 spiro atoms. The van der Waals surface area contributed by atoms with Gasteiger partial charge in [0.15, 0.2) is 0 Å². The van der Waals surface area contributed by atoms with Gasteiger partial charge in [-0.2, -0.15) is 0 Å². The summed E-state index contributed by atoms with van der Waals surface area (Å²) in [6.45, 7) is 14.6. The molecule has 0 aliphatic carbocycles. The Morgan fingerprint density at radius 2 is 1.97 bits per heavy atom. The number of amides is 3. The summed E-state index contributed by atoms with van der Waals surface area (Å²) in [7, 11) is 0. The van der Waals surface area contributed by atoms with E-state index in [0.29, 0.717) is 43.9 Å². The first kappa shape index (κ1) is 24.0. The number of piperidine rings is 1. The first-order valence-corrected chi connectivity index (χ1v) is 11.7. The van der Waals surface area contributed by atoms with Crippen LogP contribution in [-0.2, 0) is 10.3 Å². The van der Waals surface area contributed by atoms with E-state index in [1.807, 2.05) is 58.9 Å². The van der Waals surface area contributed by atoms with Crippen LogP contribution in [0.15, 0.2) is 42.7 Å². The molecule has 8 nitrogen and oxygen atoms in total. The van der Waals surface area contributed by atoms with Gasteiger partial charge in [0, 0.05) is 42.6 Å². The van der Waals surface area contributed by atoms with Crippen LogP contribution in [0.4, 0.5) is 15.3 Å². The predicted octanol–water partition coefficient (Wildman–Crippen LogP) is 4.52. The molecule has 3 amide bonds. The molecule has 2 N–H and O–H groups in total. The summed E-state index contributed by atoms with van der Waals surface area (Å²) in [5, 5.41) is 15.5. The summed E-state index contributed by atoms with van der Waals surface area (Å²) in [5.74, 6) is 0. The molecule has 0 saturated carbocycles. The third kappa shape index (κ3) is 4.46. The zero-order valence-electron chi connectivity index (χ0n) is 20.6. The molecule has 0 bridgehead atoms. The molecule has 2 aromatic rings. The van der Waals surface area contributed by atoms with E-state index in [4.69, 9.17) is 4.74 Å². The number of fused-ring (bicyclic) bond motifs is 1. The van der Waals surface area contributed by atoms with Crippen LogP contribution >= 0.6 is 0 Å². The maximum Gasteiger partial charge on any atom is 0.410 e. The van der Waals surface area contributed by atoms with Crippen molar-refractivity contribution < 1.29 is 19.4 Å². The highest BCUT2D eigenvalue weighted by Gasteiger charge is 2.50. The van der Waals surface area contributed by atoms with Crippen LogP contribution in [0.3, 0.4) is 0 Å². The molecule has 4 rings (SSSR count). The number of carbonyl (C=O) groups is 2. The molecule has 1 aromatic carbocycles. The largest absolute Gasteiger partial charge is 0.444 e. The fourth-order valence-corrected chi connectivity index (χ4v) is 4.74. The minimum Gasteiger partial charge on any atom is -0.444 e. The van der Waals surface area contributed by atoms with Crippen molar-refractivity contribution in [2.45, 2.75) is 58.7 Å². The van der Waals surface area contributed by atoms with Crippen LogP contribution < -0.4 is 10.2 Å². The minimum absolute atomic E-state index is 0.220. The zero-order valence-corrected chi connectivity index (χ0v) is 20.6. The quantitative estimate of drug-likeness (QED) is 0.678. The molecule has 2 aliphatic rings. The minimum atomic E-state index is -1.14. The number of nitrogens with zero attached hydrogens (tertiary/aromatic N) is 3. The molecule has 2 aliphatic heterocycles. The SMILES string of the molecule is C=C1CCN(c2cnc3ccc(C4(O)CCN(C(=O)OC(C)(C)C)CC4(C)C)cc3c2)C(=O)N1. The second kappa shape index (κ2) is 8.27. The standard InChI is InChI=1S/C26H34N4O4/c1-17-9-11-30(22(31)28-17)20-14-18-13-19(7-8-21(18)27-15-20)26(33)10-12-29(16-25(26,5)6)23(32)34-24(2,3)4/h7-8,13-15,33H,1,9-12,16H2,2-6H3,(H,28,31). The van der Waals surface area contributed by atoms with Gasteiger partial charge in [-0.05, 0) is 51.0 Å². The van der Waals surface area contributed by atoms with Crippen molar-refractivity contribution in [2.75, 3.05) is 24.5 Å². The molecule has 0 radical (unpaired) electrons. The predicted molar refractivity (Wildman–Crippen MR) is 131 cm³/mol. The van der Waals surface area contributed by atoms with Crippen LogP contribution in [0, 0.1) is 5.41 Å².